The van der Waals surface area contributed by atoms with Gasteiger partial charge in [0.05, 0.1) is 11.6 Å². The summed E-state index contributed by atoms with van der Waals surface area (Å²) >= 11 is 4.41. The summed E-state index contributed by atoms with van der Waals surface area (Å²) in [6, 6.07) is 4.70. The van der Waals surface area contributed by atoms with E-state index in [2.05, 4.69) is 21.2 Å². The summed E-state index contributed by atoms with van der Waals surface area (Å²) in [6.07, 6.45) is 1.55. The van der Waals surface area contributed by atoms with Gasteiger partial charge in [-0.05, 0) is 47.5 Å². The van der Waals surface area contributed by atoms with E-state index in [0.717, 1.165) is 16.9 Å². The van der Waals surface area contributed by atoms with Gasteiger partial charge in [0.15, 0.2) is 0 Å². The first-order valence-corrected chi connectivity index (χ1v) is 8.45. The Morgan fingerprint density at radius 3 is 2.83 bits per heavy atom. The van der Waals surface area contributed by atoms with Gasteiger partial charge < -0.3 is 14.6 Å². The van der Waals surface area contributed by atoms with Gasteiger partial charge in [0.25, 0.3) is 5.56 Å². The first-order chi connectivity index (χ1) is 10.9. The van der Waals surface area contributed by atoms with Crippen molar-refractivity contribution in [1.82, 2.24) is 4.57 Å². The summed E-state index contributed by atoms with van der Waals surface area (Å²) in [5, 5.41) is 3.23. The quantitative estimate of drug-likeness (QED) is 0.785. The van der Waals surface area contributed by atoms with Crippen LogP contribution in [0.25, 0.3) is 0 Å². The molecule has 0 aliphatic heterocycles. The lowest BCUT2D eigenvalue weighted by atomic mass is 10.3. The number of thiophene rings is 1. The van der Waals surface area contributed by atoms with Crippen LogP contribution in [-0.2, 0) is 16.1 Å². The molecule has 0 fully saturated rings. The Kier molecular flexibility index (Phi) is 5.73. The van der Waals surface area contributed by atoms with Crippen LogP contribution in [0.5, 0.6) is 0 Å². The van der Waals surface area contributed by atoms with Crippen molar-refractivity contribution in [2.75, 3.05) is 11.9 Å². The second-order valence-corrected chi connectivity index (χ2v) is 6.67. The molecule has 0 bridgehead atoms. The van der Waals surface area contributed by atoms with Crippen molar-refractivity contribution in [3.05, 3.63) is 49.7 Å². The van der Waals surface area contributed by atoms with E-state index >= 15 is 0 Å². The summed E-state index contributed by atoms with van der Waals surface area (Å²) in [6.45, 7) is 3.70. The van der Waals surface area contributed by atoms with Gasteiger partial charge in [-0.25, -0.2) is 4.79 Å². The topological polar surface area (TPSA) is 77.4 Å². The maximum atomic E-state index is 12.1. The van der Waals surface area contributed by atoms with E-state index in [-0.39, 0.29) is 18.0 Å². The number of carbonyl (C=O) groups excluding carboxylic acids is 2. The lowest BCUT2D eigenvalue weighted by Crippen LogP contribution is -2.26. The number of carbonyl (C=O) groups is 2. The molecule has 0 saturated carbocycles. The molecule has 0 atom stereocenters. The normalized spacial score (nSPS) is 10.4. The highest BCUT2D eigenvalue weighted by Gasteiger charge is 2.16. The molecule has 8 heteroatoms. The lowest BCUT2D eigenvalue weighted by molar-refractivity contribution is -0.116. The van der Waals surface area contributed by atoms with Crippen LogP contribution in [0.2, 0.25) is 0 Å². The van der Waals surface area contributed by atoms with E-state index in [9.17, 15) is 14.4 Å². The number of hydrogen-bond donors (Lipinski definition) is 1. The Labute approximate surface area is 145 Å². The summed E-state index contributed by atoms with van der Waals surface area (Å²) in [7, 11) is 0. The average Bonchev–Trinajstić information content (AvgIpc) is 2.83. The Morgan fingerprint density at radius 1 is 1.39 bits per heavy atom. The van der Waals surface area contributed by atoms with Gasteiger partial charge in [0.1, 0.15) is 11.4 Å². The number of amides is 1. The molecule has 2 aromatic rings. The van der Waals surface area contributed by atoms with Crippen molar-refractivity contribution in [3.63, 3.8) is 0 Å². The van der Waals surface area contributed by atoms with Crippen molar-refractivity contribution >= 4 is 44.1 Å². The molecule has 2 heterocycles. The molecule has 0 aliphatic carbocycles. The Morgan fingerprint density at radius 2 is 2.13 bits per heavy atom. The number of ether oxygens (including phenoxy) is 1. The number of pyridine rings is 1. The number of hydrogen-bond acceptors (Lipinski definition) is 5. The highest BCUT2D eigenvalue weighted by molar-refractivity contribution is 9.10. The van der Waals surface area contributed by atoms with Crippen LogP contribution in [-0.4, -0.2) is 23.1 Å². The molecular weight excluding hydrogens is 384 g/mol. The molecule has 2 rings (SSSR count). The molecule has 0 aliphatic rings. The first-order valence-electron chi connectivity index (χ1n) is 6.84. The van der Waals surface area contributed by atoms with Gasteiger partial charge in [-0.15, -0.1) is 11.3 Å². The molecule has 0 spiro atoms. The van der Waals surface area contributed by atoms with Crippen LogP contribution in [0.1, 0.15) is 22.2 Å². The van der Waals surface area contributed by atoms with E-state index in [4.69, 9.17) is 4.74 Å². The molecule has 1 amide bonds. The van der Waals surface area contributed by atoms with Crippen LogP contribution in [0.15, 0.2) is 33.7 Å². The smallest absolute Gasteiger partial charge is 0.348 e. The van der Waals surface area contributed by atoms with Gasteiger partial charge in [-0.3, -0.25) is 9.59 Å². The predicted molar refractivity (Wildman–Crippen MR) is 92.0 cm³/mol. The van der Waals surface area contributed by atoms with Crippen LogP contribution in [0, 0.1) is 6.92 Å². The number of nitrogens with zero attached hydrogens (tertiary/aromatic N) is 1. The maximum absolute atomic E-state index is 12.1. The number of esters is 1. The number of aryl methyl sites for hydroxylation is 1. The van der Waals surface area contributed by atoms with Crippen molar-refractivity contribution < 1.29 is 14.3 Å². The molecule has 0 radical (unpaired) electrons. The molecule has 122 valence electrons. The SMILES string of the molecule is CCOC(=O)c1sc(NC(=O)Cn2cc(Br)ccc2=O)cc1C. The largest absolute Gasteiger partial charge is 0.462 e. The van der Waals surface area contributed by atoms with E-state index in [1.54, 1.807) is 32.2 Å². The third kappa shape index (κ3) is 4.52. The molecule has 0 aromatic carbocycles. The standard InChI is InChI=1S/C15H15BrN2O4S/c1-3-22-15(21)14-9(2)6-12(23-14)17-11(19)8-18-7-10(16)4-5-13(18)20/h4-7H,3,8H2,1-2H3,(H,17,19). The van der Waals surface area contributed by atoms with Crippen LogP contribution < -0.4 is 10.9 Å². The van der Waals surface area contributed by atoms with E-state index < -0.39 is 5.97 Å². The molecule has 2 aromatic heterocycles. The summed E-state index contributed by atoms with van der Waals surface area (Å²) in [4.78, 5) is 36.0. The summed E-state index contributed by atoms with van der Waals surface area (Å²) in [5.41, 5.74) is 0.473. The minimum Gasteiger partial charge on any atom is -0.462 e. The highest BCUT2D eigenvalue weighted by Crippen LogP contribution is 2.27. The summed E-state index contributed by atoms with van der Waals surface area (Å²) < 4.78 is 6.97. The minimum absolute atomic E-state index is 0.107. The van der Waals surface area contributed by atoms with Gasteiger partial charge in [-0.1, -0.05) is 0 Å². The fraction of sp³-hybridized carbons (Fsp3) is 0.267. The van der Waals surface area contributed by atoms with Gasteiger partial charge in [0.2, 0.25) is 5.91 Å². The Hall–Kier alpha value is -1.93. The fourth-order valence-corrected chi connectivity index (χ4v) is 3.26. The monoisotopic (exact) mass is 398 g/mol. The van der Waals surface area contributed by atoms with E-state index in [1.165, 1.54) is 10.6 Å². The van der Waals surface area contributed by atoms with Gasteiger partial charge in [-0.2, -0.15) is 0 Å². The maximum Gasteiger partial charge on any atom is 0.348 e. The fourth-order valence-electron chi connectivity index (χ4n) is 1.90. The second-order valence-electron chi connectivity index (χ2n) is 4.70. The van der Waals surface area contributed by atoms with Crippen molar-refractivity contribution in [1.29, 1.82) is 0 Å². The zero-order chi connectivity index (χ0) is 17.0. The molecular formula is C15H15BrN2O4S. The van der Waals surface area contributed by atoms with E-state index in [1.807, 2.05) is 0 Å². The number of rotatable bonds is 5. The van der Waals surface area contributed by atoms with Gasteiger partial charge in [0, 0.05) is 16.7 Å². The van der Waals surface area contributed by atoms with Crippen molar-refractivity contribution in [2.24, 2.45) is 0 Å². The predicted octanol–water partition coefficient (Wildman–Crippen LogP) is 2.80. The van der Waals surface area contributed by atoms with Crippen molar-refractivity contribution in [2.45, 2.75) is 20.4 Å². The van der Waals surface area contributed by atoms with Crippen LogP contribution >= 0.6 is 27.3 Å². The molecule has 1 N–H and O–H groups in total. The third-order valence-electron chi connectivity index (χ3n) is 2.90. The third-order valence-corrected chi connectivity index (χ3v) is 4.50. The zero-order valence-electron chi connectivity index (χ0n) is 12.6. The van der Waals surface area contributed by atoms with Crippen molar-refractivity contribution in [3.8, 4) is 0 Å². The highest BCUT2D eigenvalue weighted by atomic mass is 79.9. The Bertz CT molecular complexity index is 797. The summed E-state index contributed by atoms with van der Waals surface area (Å²) in [5.74, 6) is -0.749. The average molecular weight is 399 g/mol. The number of nitrogens with one attached hydrogen (secondary N) is 1. The lowest BCUT2D eigenvalue weighted by Gasteiger charge is -2.06. The molecule has 0 unspecified atom stereocenters. The van der Waals surface area contributed by atoms with Gasteiger partial charge >= 0.3 is 5.97 Å². The van der Waals surface area contributed by atoms with E-state index in [0.29, 0.717) is 21.0 Å². The van der Waals surface area contributed by atoms with Crippen LogP contribution in [0.3, 0.4) is 0 Å². The molecule has 6 nitrogen and oxygen atoms in total. The zero-order valence-corrected chi connectivity index (χ0v) is 15.0. The van der Waals surface area contributed by atoms with Crippen LogP contribution in [0.4, 0.5) is 5.00 Å². The second kappa shape index (κ2) is 7.56. The Balaban J connectivity index is 2.09. The number of aromatic nitrogens is 1. The number of halogens is 1. The minimum atomic E-state index is -0.404. The molecule has 0 saturated heterocycles. The molecule has 23 heavy (non-hydrogen) atoms. The first kappa shape index (κ1) is 17.4. The number of anilines is 1.